The van der Waals surface area contributed by atoms with Gasteiger partial charge in [0, 0.05) is 66.2 Å². The number of aromatic nitrogens is 2. The molecule has 2 saturated heterocycles. The zero-order chi connectivity index (χ0) is 36.3. The van der Waals surface area contributed by atoms with Gasteiger partial charge < -0.3 is 24.3 Å². The lowest BCUT2D eigenvalue weighted by molar-refractivity contribution is -0.000511. The topological polar surface area (TPSA) is 118 Å². The molecule has 6 aromatic rings. The number of rotatable bonds is 6. The van der Waals surface area contributed by atoms with Gasteiger partial charge in [-0.05, 0) is 104 Å². The van der Waals surface area contributed by atoms with Gasteiger partial charge in [-0.15, -0.1) is 11.3 Å². The zero-order valence-corrected chi connectivity index (χ0v) is 29.7. The largest absolute Gasteiger partial charge is 0.433 e. The number of oxazole rings is 1. The normalized spacial score (nSPS) is 16.1. The van der Waals surface area contributed by atoms with Crippen molar-refractivity contribution in [3.05, 3.63) is 124 Å². The molecule has 9 rings (SSSR count). The van der Waals surface area contributed by atoms with E-state index in [4.69, 9.17) is 9.15 Å². The predicted octanol–water partition coefficient (Wildman–Crippen LogP) is 7.70. The van der Waals surface area contributed by atoms with E-state index in [9.17, 15) is 18.8 Å². The van der Waals surface area contributed by atoms with Crippen molar-refractivity contribution in [1.82, 2.24) is 9.97 Å². The van der Waals surface area contributed by atoms with E-state index >= 15 is 0 Å². The highest BCUT2D eigenvalue weighted by atomic mass is 32.1. The van der Waals surface area contributed by atoms with Crippen LogP contribution in [0, 0.1) is 18.2 Å². The zero-order valence-electron chi connectivity index (χ0n) is 28.9. The number of fused-ring (bicyclic) bond motifs is 4. The number of halogens is 1. The summed E-state index contributed by atoms with van der Waals surface area (Å²) in [7, 11) is 0. The van der Waals surface area contributed by atoms with Crippen molar-refractivity contribution in [2.75, 3.05) is 48.0 Å². The minimum Gasteiger partial charge on any atom is -0.433 e. The van der Waals surface area contributed by atoms with Gasteiger partial charge in [0.2, 0.25) is 0 Å². The summed E-state index contributed by atoms with van der Waals surface area (Å²) in [6, 6.07) is 21.9. The monoisotopic (exact) mass is 727 g/mol. The number of benzene rings is 3. The second kappa shape index (κ2) is 13.0. The van der Waals surface area contributed by atoms with E-state index in [1.807, 2.05) is 31.2 Å². The van der Waals surface area contributed by atoms with Crippen LogP contribution in [0.15, 0.2) is 89.5 Å². The van der Waals surface area contributed by atoms with E-state index in [2.05, 4.69) is 20.2 Å². The first-order valence-corrected chi connectivity index (χ1v) is 18.4. The van der Waals surface area contributed by atoms with Crippen molar-refractivity contribution in [3.8, 4) is 10.4 Å². The number of ketones is 1. The van der Waals surface area contributed by atoms with Gasteiger partial charge in [0.15, 0.2) is 5.58 Å². The Morgan fingerprint density at radius 1 is 0.962 bits per heavy atom. The van der Waals surface area contributed by atoms with E-state index < -0.39 is 5.82 Å². The third kappa shape index (κ3) is 6.07. The summed E-state index contributed by atoms with van der Waals surface area (Å²) in [4.78, 5) is 55.1. The Kier molecular flexibility index (Phi) is 8.16. The number of ether oxygens (including phenoxy) is 1. The number of para-hydroxylation sites is 2. The molecule has 2 amide bonds. The maximum atomic E-state index is 14.8. The molecule has 0 radical (unpaired) electrons. The SMILES string of the molecule is Cc1cnc(N2CC3(CCOCC3)C2)c(C(=O)Nc2ccc(C(=O)N3CCc4cc(C(=O)c5nc6ccccc6o5)sc4-c4ccc(F)cc43)cc2)c1. The van der Waals surface area contributed by atoms with E-state index in [1.54, 1.807) is 53.6 Å². The number of pyridine rings is 1. The number of nitrogens with zero attached hydrogens (tertiary/aromatic N) is 4. The molecule has 3 aliphatic rings. The van der Waals surface area contributed by atoms with E-state index in [-0.39, 0.29) is 35.4 Å². The van der Waals surface area contributed by atoms with Gasteiger partial charge in [0.25, 0.3) is 23.5 Å². The summed E-state index contributed by atoms with van der Waals surface area (Å²) in [5, 5.41) is 2.98. The molecule has 1 N–H and O–H groups in total. The molecular formula is C41H34FN5O5S. The fourth-order valence-electron chi connectivity index (χ4n) is 7.58. The van der Waals surface area contributed by atoms with Crippen molar-refractivity contribution in [2.24, 2.45) is 5.41 Å². The number of hydrogen-bond acceptors (Lipinski definition) is 9. The van der Waals surface area contributed by atoms with Crippen LogP contribution in [-0.2, 0) is 11.2 Å². The van der Waals surface area contributed by atoms with Crippen LogP contribution in [0.5, 0.6) is 0 Å². The van der Waals surface area contributed by atoms with Gasteiger partial charge >= 0.3 is 0 Å². The molecule has 0 aliphatic carbocycles. The van der Waals surface area contributed by atoms with Crippen LogP contribution >= 0.6 is 11.3 Å². The standard InChI is InChI=1S/C41H34FN5O5S/c1-24-18-30(37(43-21-24)46-22-41(23-46)13-16-51-17-14-41)38(49)44-28-9-6-25(7-10-28)40(50)47-15-12-26-19-34(53-36(26)29-11-8-27(42)20-32(29)47)35(48)39-45-31-4-2-3-5-33(31)52-39/h2-11,18-21H,12-17,22-23H2,1H3,(H,44,49). The molecule has 6 heterocycles. The van der Waals surface area contributed by atoms with Gasteiger partial charge in [-0.1, -0.05) is 12.1 Å². The molecule has 10 nitrogen and oxygen atoms in total. The Labute approximate surface area is 308 Å². The average molecular weight is 728 g/mol. The van der Waals surface area contributed by atoms with E-state index in [0.29, 0.717) is 56.3 Å². The van der Waals surface area contributed by atoms with Crippen LogP contribution in [0.4, 0.5) is 21.6 Å². The number of hydrogen-bond donors (Lipinski definition) is 1. The molecule has 0 atom stereocenters. The fourth-order valence-corrected chi connectivity index (χ4v) is 8.75. The summed E-state index contributed by atoms with van der Waals surface area (Å²) in [5.41, 5.74) is 5.61. The quantitative estimate of drug-likeness (QED) is 0.174. The Bertz CT molecular complexity index is 2390. The Morgan fingerprint density at radius 2 is 1.75 bits per heavy atom. The number of carbonyl (C=O) groups is 3. The Hall–Kier alpha value is -5.72. The van der Waals surface area contributed by atoms with Crippen molar-refractivity contribution in [1.29, 1.82) is 0 Å². The van der Waals surface area contributed by atoms with Crippen molar-refractivity contribution >= 4 is 57.2 Å². The van der Waals surface area contributed by atoms with Gasteiger partial charge in [-0.3, -0.25) is 14.4 Å². The smallest absolute Gasteiger partial charge is 0.270 e. The number of aryl methyl sites for hydroxylation is 1. The lowest BCUT2D eigenvalue weighted by Crippen LogP contribution is -2.59. The van der Waals surface area contributed by atoms with Crippen LogP contribution in [0.25, 0.3) is 21.5 Å². The molecule has 0 unspecified atom stereocenters. The second-order valence-electron chi connectivity index (χ2n) is 14.0. The first kappa shape index (κ1) is 33.1. The second-order valence-corrected chi connectivity index (χ2v) is 15.1. The molecule has 266 valence electrons. The van der Waals surface area contributed by atoms with Crippen molar-refractivity contribution < 1.29 is 27.9 Å². The average Bonchev–Trinajstić information content (AvgIpc) is 3.76. The molecule has 2 fully saturated rings. The summed E-state index contributed by atoms with van der Waals surface area (Å²) in [5.74, 6) is -0.720. The van der Waals surface area contributed by atoms with E-state index in [1.165, 1.54) is 23.5 Å². The molecule has 0 saturated carbocycles. The number of carbonyl (C=O) groups excluding carboxylic acids is 3. The third-order valence-corrected chi connectivity index (χ3v) is 11.6. The van der Waals surface area contributed by atoms with Gasteiger partial charge in [0.05, 0.1) is 16.1 Å². The molecule has 3 aliphatic heterocycles. The predicted molar refractivity (Wildman–Crippen MR) is 201 cm³/mol. The molecular weight excluding hydrogens is 694 g/mol. The minimum atomic E-state index is -0.478. The highest BCUT2D eigenvalue weighted by Gasteiger charge is 2.45. The molecule has 0 bridgehead atoms. The van der Waals surface area contributed by atoms with Gasteiger partial charge in [-0.2, -0.15) is 0 Å². The summed E-state index contributed by atoms with van der Waals surface area (Å²) < 4.78 is 26.1. The first-order valence-electron chi connectivity index (χ1n) is 17.6. The van der Waals surface area contributed by atoms with Crippen LogP contribution < -0.4 is 15.1 Å². The maximum Gasteiger partial charge on any atom is 0.270 e. The summed E-state index contributed by atoms with van der Waals surface area (Å²) >= 11 is 1.28. The molecule has 3 aromatic heterocycles. The highest BCUT2D eigenvalue weighted by molar-refractivity contribution is 7.17. The Balaban J connectivity index is 0.932. The van der Waals surface area contributed by atoms with Gasteiger partial charge in [0.1, 0.15) is 17.2 Å². The Morgan fingerprint density at radius 3 is 2.55 bits per heavy atom. The van der Waals surface area contributed by atoms with Crippen LogP contribution in [0.1, 0.15) is 60.2 Å². The number of nitrogens with one attached hydrogen (secondary N) is 1. The number of amides is 2. The van der Waals surface area contributed by atoms with Crippen LogP contribution in [-0.4, -0.2) is 60.4 Å². The third-order valence-electron chi connectivity index (χ3n) is 10.4. The number of thiophene rings is 1. The maximum absolute atomic E-state index is 14.8. The molecule has 1 spiro atoms. The highest BCUT2D eigenvalue weighted by Crippen LogP contribution is 2.44. The number of anilines is 3. The van der Waals surface area contributed by atoms with Crippen molar-refractivity contribution in [3.63, 3.8) is 0 Å². The van der Waals surface area contributed by atoms with Gasteiger partial charge in [-0.25, -0.2) is 14.4 Å². The summed E-state index contributed by atoms with van der Waals surface area (Å²) in [6.45, 7) is 5.41. The fraction of sp³-hybridized carbons (Fsp3) is 0.244. The molecule has 53 heavy (non-hydrogen) atoms. The summed E-state index contributed by atoms with van der Waals surface area (Å²) in [6.07, 6.45) is 4.26. The van der Waals surface area contributed by atoms with Crippen molar-refractivity contribution in [2.45, 2.75) is 26.2 Å². The lowest BCUT2D eigenvalue weighted by Gasteiger charge is -2.53. The molecule has 12 heteroatoms. The minimum absolute atomic E-state index is 0.00834. The van der Waals surface area contributed by atoms with Crippen LogP contribution in [0.2, 0.25) is 0 Å². The van der Waals surface area contributed by atoms with Crippen LogP contribution in [0.3, 0.4) is 0 Å². The lowest BCUT2D eigenvalue weighted by atomic mass is 9.73. The van der Waals surface area contributed by atoms with E-state index in [0.717, 1.165) is 55.1 Å². The first-order chi connectivity index (χ1) is 25.7. The molecule has 3 aromatic carbocycles.